The molecule has 2 aliphatic heterocycles. The summed E-state index contributed by atoms with van der Waals surface area (Å²) in [6, 6.07) is 2.46. The van der Waals surface area contributed by atoms with E-state index >= 15 is 0 Å². The quantitative estimate of drug-likeness (QED) is 0.789. The maximum Gasteiger partial charge on any atom is 0.410 e. The zero-order valence-corrected chi connectivity index (χ0v) is 17.0. The lowest BCUT2D eigenvalue weighted by molar-refractivity contribution is 0.0140. The van der Waals surface area contributed by atoms with E-state index in [1.165, 1.54) is 0 Å². The minimum Gasteiger partial charge on any atom is -0.444 e. The number of piperidine rings is 1. The summed E-state index contributed by atoms with van der Waals surface area (Å²) in [7, 11) is 0. The minimum atomic E-state index is -0.432. The van der Waals surface area contributed by atoms with Gasteiger partial charge < -0.3 is 14.5 Å². The normalized spacial score (nSPS) is 20.0. The predicted molar refractivity (Wildman–Crippen MR) is 108 cm³/mol. The Labute approximate surface area is 166 Å². The zero-order valence-electron chi connectivity index (χ0n) is 17.0. The molecule has 152 valence electrons. The molecule has 0 spiro atoms. The van der Waals surface area contributed by atoms with Gasteiger partial charge in [0, 0.05) is 51.4 Å². The molecule has 2 aromatic rings. The van der Waals surface area contributed by atoms with Crippen molar-refractivity contribution in [3.8, 4) is 0 Å². The highest BCUT2D eigenvalue weighted by atomic mass is 16.6. The van der Waals surface area contributed by atoms with E-state index in [2.05, 4.69) is 26.1 Å². The first-order valence-corrected chi connectivity index (χ1v) is 10.2. The number of ether oxygens (including phenoxy) is 1. The molecule has 0 saturated carbocycles. The van der Waals surface area contributed by atoms with Crippen LogP contribution in [0.25, 0.3) is 5.65 Å². The van der Waals surface area contributed by atoms with Crippen molar-refractivity contribution in [2.75, 3.05) is 44.2 Å². The van der Waals surface area contributed by atoms with Gasteiger partial charge in [0.1, 0.15) is 5.60 Å². The molecule has 0 atom stereocenters. The van der Waals surface area contributed by atoms with Gasteiger partial charge in [0.05, 0.1) is 24.3 Å². The molecule has 2 aromatic heterocycles. The number of hydrogen-bond acceptors (Lipinski definition) is 6. The second kappa shape index (κ2) is 7.58. The second-order valence-electron chi connectivity index (χ2n) is 8.67. The standard InChI is InChI=1S/C20H30N6O2/c1-20(2,3)28-19(27)25-8-5-16(6-9-25)23-10-12-24(13-11-23)17-14-21-18-4-7-22-26(18)15-17/h4,7,14-16H,5-6,8-13H2,1-3H3. The minimum absolute atomic E-state index is 0.183. The summed E-state index contributed by atoms with van der Waals surface area (Å²) in [6.45, 7) is 11.3. The van der Waals surface area contributed by atoms with E-state index < -0.39 is 5.60 Å². The highest BCUT2D eigenvalue weighted by Gasteiger charge is 2.31. The maximum atomic E-state index is 12.2. The molecule has 0 radical (unpaired) electrons. The van der Waals surface area contributed by atoms with Gasteiger partial charge >= 0.3 is 6.09 Å². The molecule has 0 bridgehead atoms. The van der Waals surface area contributed by atoms with Crippen molar-refractivity contribution in [1.29, 1.82) is 0 Å². The maximum absolute atomic E-state index is 12.2. The SMILES string of the molecule is CC(C)(C)OC(=O)N1CCC(N2CCN(c3cnc4ccnn4c3)CC2)CC1. The molecule has 0 N–H and O–H groups in total. The summed E-state index contributed by atoms with van der Waals surface area (Å²) in [5, 5.41) is 4.28. The summed E-state index contributed by atoms with van der Waals surface area (Å²) in [5.41, 5.74) is 1.56. The fourth-order valence-corrected chi connectivity index (χ4v) is 4.05. The number of carbonyl (C=O) groups is 1. The molecule has 4 rings (SSSR count). The number of piperazine rings is 1. The van der Waals surface area contributed by atoms with Crippen LogP contribution in [0.5, 0.6) is 0 Å². The average molecular weight is 387 g/mol. The van der Waals surface area contributed by atoms with Crippen LogP contribution in [0.1, 0.15) is 33.6 Å². The molecule has 0 unspecified atom stereocenters. The Kier molecular flexibility index (Phi) is 5.14. The fourth-order valence-electron chi connectivity index (χ4n) is 4.05. The van der Waals surface area contributed by atoms with Gasteiger partial charge in [-0.1, -0.05) is 0 Å². The van der Waals surface area contributed by atoms with Crippen LogP contribution in [0.2, 0.25) is 0 Å². The lowest BCUT2D eigenvalue weighted by Gasteiger charge is -2.43. The Balaban J connectivity index is 1.27. The van der Waals surface area contributed by atoms with Gasteiger partial charge in [0.15, 0.2) is 5.65 Å². The van der Waals surface area contributed by atoms with Crippen molar-refractivity contribution in [2.45, 2.75) is 45.3 Å². The van der Waals surface area contributed by atoms with Crippen LogP contribution >= 0.6 is 0 Å². The van der Waals surface area contributed by atoms with Crippen molar-refractivity contribution in [2.24, 2.45) is 0 Å². The summed E-state index contributed by atoms with van der Waals surface area (Å²) in [4.78, 5) is 23.5. The number of rotatable bonds is 2. The molecule has 4 heterocycles. The van der Waals surface area contributed by atoms with Crippen LogP contribution in [0, 0.1) is 0 Å². The number of anilines is 1. The molecule has 2 aliphatic rings. The number of likely N-dealkylation sites (tertiary alicyclic amines) is 1. The number of amides is 1. The first kappa shape index (κ1) is 19.0. The van der Waals surface area contributed by atoms with Gasteiger partial charge in [-0.2, -0.15) is 5.10 Å². The predicted octanol–water partition coefficient (Wildman–Crippen LogP) is 2.25. The smallest absolute Gasteiger partial charge is 0.410 e. The summed E-state index contributed by atoms with van der Waals surface area (Å²) < 4.78 is 7.33. The third-order valence-electron chi connectivity index (χ3n) is 5.55. The second-order valence-corrected chi connectivity index (χ2v) is 8.67. The fraction of sp³-hybridized carbons (Fsp3) is 0.650. The van der Waals surface area contributed by atoms with Gasteiger partial charge in [-0.3, -0.25) is 4.90 Å². The van der Waals surface area contributed by atoms with Gasteiger partial charge in [-0.05, 0) is 33.6 Å². The van der Waals surface area contributed by atoms with E-state index in [-0.39, 0.29) is 6.09 Å². The third-order valence-corrected chi connectivity index (χ3v) is 5.55. The molecule has 1 amide bonds. The van der Waals surface area contributed by atoms with E-state index in [0.29, 0.717) is 6.04 Å². The van der Waals surface area contributed by atoms with E-state index in [4.69, 9.17) is 4.74 Å². The molecule has 2 saturated heterocycles. The zero-order chi connectivity index (χ0) is 19.7. The van der Waals surface area contributed by atoms with Gasteiger partial charge in [-0.15, -0.1) is 0 Å². The molecule has 0 aromatic carbocycles. The molecule has 28 heavy (non-hydrogen) atoms. The Morgan fingerprint density at radius 3 is 2.50 bits per heavy atom. The summed E-state index contributed by atoms with van der Waals surface area (Å²) in [6.07, 6.45) is 7.61. The van der Waals surface area contributed by atoms with Gasteiger partial charge in [0.25, 0.3) is 0 Å². The van der Waals surface area contributed by atoms with E-state index in [0.717, 1.165) is 63.4 Å². The Bertz CT molecular complexity index is 813. The Morgan fingerprint density at radius 2 is 1.82 bits per heavy atom. The van der Waals surface area contributed by atoms with Crippen molar-refractivity contribution < 1.29 is 9.53 Å². The molecular weight excluding hydrogens is 356 g/mol. The van der Waals surface area contributed by atoms with Crippen LogP contribution in [0.3, 0.4) is 0 Å². The number of aromatic nitrogens is 3. The van der Waals surface area contributed by atoms with Crippen molar-refractivity contribution in [3.63, 3.8) is 0 Å². The van der Waals surface area contributed by atoms with E-state index in [1.807, 2.05) is 42.4 Å². The summed E-state index contributed by atoms with van der Waals surface area (Å²) in [5.74, 6) is 0. The Hall–Kier alpha value is -2.35. The Morgan fingerprint density at radius 1 is 1.11 bits per heavy atom. The lowest BCUT2D eigenvalue weighted by atomic mass is 10.0. The van der Waals surface area contributed by atoms with Crippen LogP contribution in [0.15, 0.2) is 24.7 Å². The highest BCUT2D eigenvalue weighted by Crippen LogP contribution is 2.22. The third kappa shape index (κ3) is 4.22. The molecule has 2 fully saturated rings. The van der Waals surface area contributed by atoms with Crippen LogP contribution in [-0.4, -0.2) is 81.4 Å². The molecular formula is C20H30N6O2. The lowest BCUT2D eigenvalue weighted by Crippen LogP contribution is -2.54. The van der Waals surface area contributed by atoms with Crippen molar-refractivity contribution in [1.82, 2.24) is 24.4 Å². The first-order chi connectivity index (χ1) is 13.4. The number of hydrogen-bond donors (Lipinski definition) is 0. The van der Waals surface area contributed by atoms with Crippen LogP contribution in [0.4, 0.5) is 10.5 Å². The average Bonchev–Trinajstić information content (AvgIpc) is 3.15. The van der Waals surface area contributed by atoms with E-state index in [1.54, 1.807) is 6.20 Å². The van der Waals surface area contributed by atoms with Crippen LogP contribution in [-0.2, 0) is 4.74 Å². The highest BCUT2D eigenvalue weighted by molar-refractivity contribution is 5.68. The number of carbonyl (C=O) groups excluding carboxylic acids is 1. The number of fused-ring (bicyclic) bond motifs is 1. The van der Waals surface area contributed by atoms with Crippen molar-refractivity contribution in [3.05, 3.63) is 24.7 Å². The number of nitrogens with zero attached hydrogens (tertiary/aromatic N) is 6. The molecule has 8 heteroatoms. The molecule has 0 aliphatic carbocycles. The topological polar surface area (TPSA) is 66.2 Å². The van der Waals surface area contributed by atoms with E-state index in [9.17, 15) is 4.79 Å². The monoisotopic (exact) mass is 386 g/mol. The summed E-state index contributed by atoms with van der Waals surface area (Å²) >= 11 is 0. The van der Waals surface area contributed by atoms with Crippen molar-refractivity contribution >= 4 is 17.4 Å². The van der Waals surface area contributed by atoms with Gasteiger partial charge in [0.2, 0.25) is 0 Å². The largest absolute Gasteiger partial charge is 0.444 e. The van der Waals surface area contributed by atoms with Gasteiger partial charge in [-0.25, -0.2) is 14.3 Å². The van der Waals surface area contributed by atoms with Crippen LogP contribution < -0.4 is 4.90 Å². The molecule has 8 nitrogen and oxygen atoms in total. The first-order valence-electron chi connectivity index (χ1n) is 10.2.